The number of rotatable bonds is 2. The molecule has 3 aromatic heterocycles. The molecule has 10 aromatic rings. The molecule has 44 heavy (non-hydrogen) atoms. The third kappa shape index (κ3) is 3.28. The Hall–Kier alpha value is -6.00. The fraction of sp³-hybridized carbons (Fsp3) is 0. The summed E-state index contributed by atoms with van der Waals surface area (Å²) in [7, 11) is 0. The second-order valence-corrected chi connectivity index (χ2v) is 11.4. The zero-order valence-corrected chi connectivity index (χ0v) is 23.5. The molecule has 7 aromatic carbocycles. The highest BCUT2D eigenvalue weighted by Gasteiger charge is 2.23. The van der Waals surface area contributed by atoms with Crippen LogP contribution in [-0.4, -0.2) is 14.5 Å². The van der Waals surface area contributed by atoms with Crippen LogP contribution in [0.4, 0.5) is 0 Å². The van der Waals surface area contributed by atoms with Gasteiger partial charge in [0.2, 0.25) is 0 Å². The average Bonchev–Trinajstić information content (AvgIpc) is 3.62. The van der Waals surface area contributed by atoms with Gasteiger partial charge in [-0.25, -0.2) is 9.97 Å². The summed E-state index contributed by atoms with van der Waals surface area (Å²) in [5.74, 6) is 1.40. The molecule has 0 fully saturated rings. The molecule has 0 spiro atoms. The van der Waals surface area contributed by atoms with Crippen molar-refractivity contribution in [2.45, 2.75) is 0 Å². The average molecular weight is 562 g/mol. The maximum absolute atomic E-state index is 6.60. The molecule has 10 rings (SSSR count). The highest BCUT2D eigenvalue weighted by molar-refractivity contribution is 6.23. The van der Waals surface area contributed by atoms with E-state index in [0.29, 0.717) is 11.4 Å². The van der Waals surface area contributed by atoms with Crippen LogP contribution in [0.2, 0.25) is 0 Å². The summed E-state index contributed by atoms with van der Waals surface area (Å²) in [6, 6.07) is 49.1. The van der Waals surface area contributed by atoms with Crippen molar-refractivity contribution in [3.05, 3.63) is 140 Å². The summed E-state index contributed by atoms with van der Waals surface area (Å²) in [6.45, 7) is 0. The Morgan fingerprint density at radius 1 is 0.477 bits per heavy atom. The summed E-state index contributed by atoms with van der Waals surface area (Å²) in [4.78, 5) is 10.5. The number of furan rings is 1. The number of fused-ring (bicyclic) bond motifs is 10. The second-order valence-electron chi connectivity index (χ2n) is 11.4. The quantitative estimate of drug-likeness (QED) is 0.211. The van der Waals surface area contributed by atoms with Gasteiger partial charge in [0.05, 0.1) is 11.0 Å². The first-order valence-electron chi connectivity index (χ1n) is 14.8. The molecule has 3 heterocycles. The second kappa shape index (κ2) is 8.76. The summed E-state index contributed by atoms with van der Waals surface area (Å²) < 4.78 is 8.87. The lowest BCUT2D eigenvalue weighted by Crippen LogP contribution is -2.02. The zero-order chi connectivity index (χ0) is 28.8. The van der Waals surface area contributed by atoms with Crippen molar-refractivity contribution in [3.8, 4) is 17.2 Å². The molecular formula is C40H23N3O. The lowest BCUT2D eigenvalue weighted by Gasteiger charge is -2.11. The van der Waals surface area contributed by atoms with Crippen LogP contribution in [0.15, 0.2) is 144 Å². The number of hydrogen-bond donors (Lipinski definition) is 0. The first-order valence-corrected chi connectivity index (χ1v) is 14.8. The highest BCUT2D eigenvalue weighted by Crippen LogP contribution is 2.41. The molecule has 4 heteroatoms. The van der Waals surface area contributed by atoms with Gasteiger partial charge in [-0.1, -0.05) is 103 Å². The van der Waals surface area contributed by atoms with E-state index in [1.165, 1.54) is 37.7 Å². The van der Waals surface area contributed by atoms with Crippen LogP contribution in [0.3, 0.4) is 0 Å². The first-order chi connectivity index (χ1) is 21.8. The van der Waals surface area contributed by atoms with Gasteiger partial charge in [0.15, 0.2) is 17.2 Å². The Morgan fingerprint density at radius 3 is 1.98 bits per heavy atom. The SMILES string of the molecule is c1ccc2cc(-c3nc(-n4c5cc6ccccc6cc5c5c6ccccc6ccc54)c4oc5ccccc5c4n3)ccc2c1. The number of aromatic nitrogens is 3. The molecule has 0 atom stereocenters. The van der Waals surface area contributed by atoms with Crippen molar-refractivity contribution in [1.29, 1.82) is 0 Å². The van der Waals surface area contributed by atoms with Gasteiger partial charge in [-0.05, 0) is 68.7 Å². The van der Waals surface area contributed by atoms with E-state index in [9.17, 15) is 0 Å². The third-order valence-corrected chi connectivity index (χ3v) is 8.94. The predicted molar refractivity (Wildman–Crippen MR) is 182 cm³/mol. The van der Waals surface area contributed by atoms with Crippen LogP contribution in [0.1, 0.15) is 0 Å². The van der Waals surface area contributed by atoms with Crippen molar-refractivity contribution in [2.24, 2.45) is 0 Å². The minimum Gasteiger partial charge on any atom is -0.450 e. The summed E-state index contributed by atoms with van der Waals surface area (Å²) in [6.07, 6.45) is 0. The minimum absolute atomic E-state index is 0.668. The highest BCUT2D eigenvalue weighted by atomic mass is 16.3. The van der Waals surface area contributed by atoms with Crippen molar-refractivity contribution in [2.75, 3.05) is 0 Å². The van der Waals surface area contributed by atoms with Gasteiger partial charge < -0.3 is 4.42 Å². The largest absolute Gasteiger partial charge is 0.450 e. The van der Waals surface area contributed by atoms with Crippen LogP contribution in [-0.2, 0) is 0 Å². The van der Waals surface area contributed by atoms with Gasteiger partial charge in [-0.15, -0.1) is 0 Å². The normalized spacial score (nSPS) is 12.1. The molecule has 0 saturated carbocycles. The van der Waals surface area contributed by atoms with Gasteiger partial charge in [0.25, 0.3) is 0 Å². The fourth-order valence-electron chi connectivity index (χ4n) is 6.89. The maximum Gasteiger partial charge on any atom is 0.197 e. The third-order valence-electron chi connectivity index (χ3n) is 8.94. The number of hydrogen-bond acceptors (Lipinski definition) is 3. The zero-order valence-electron chi connectivity index (χ0n) is 23.5. The summed E-state index contributed by atoms with van der Waals surface area (Å²) >= 11 is 0. The molecular weight excluding hydrogens is 538 g/mol. The van der Waals surface area contributed by atoms with E-state index in [4.69, 9.17) is 14.4 Å². The van der Waals surface area contributed by atoms with Crippen LogP contribution >= 0.6 is 0 Å². The molecule has 0 aliphatic heterocycles. The van der Waals surface area contributed by atoms with E-state index >= 15 is 0 Å². The fourth-order valence-corrected chi connectivity index (χ4v) is 6.89. The van der Waals surface area contributed by atoms with E-state index in [-0.39, 0.29) is 0 Å². The lowest BCUT2D eigenvalue weighted by molar-refractivity contribution is 0.662. The Morgan fingerprint density at radius 2 is 1.14 bits per heavy atom. The van der Waals surface area contributed by atoms with Gasteiger partial charge in [-0.3, -0.25) is 4.57 Å². The summed E-state index contributed by atoms with van der Waals surface area (Å²) in [5, 5.41) is 10.5. The molecule has 0 saturated heterocycles. The van der Waals surface area contributed by atoms with Crippen molar-refractivity contribution in [1.82, 2.24) is 14.5 Å². The number of para-hydroxylation sites is 1. The number of nitrogens with zero attached hydrogens (tertiary/aromatic N) is 3. The van der Waals surface area contributed by atoms with Crippen molar-refractivity contribution in [3.63, 3.8) is 0 Å². The standard InChI is InChI=1S/C40H23N3O/c1-2-11-26-21-29(18-17-24(26)9-1)39-41-37-31-15-7-8-16-35(31)44-38(37)40(42-39)43-33-20-19-25-10-5-6-14-30(25)36(33)32-22-27-12-3-4-13-28(27)23-34(32)43/h1-23H. The van der Waals surface area contributed by atoms with E-state index in [2.05, 4.69) is 126 Å². The lowest BCUT2D eigenvalue weighted by atomic mass is 10.0. The Kier molecular flexibility index (Phi) is 4.69. The van der Waals surface area contributed by atoms with Crippen LogP contribution < -0.4 is 0 Å². The minimum atomic E-state index is 0.668. The topological polar surface area (TPSA) is 43.9 Å². The molecule has 4 nitrogen and oxygen atoms in total. The van der Waals surface area contributed by atoms with E-state index < -0.39 is 0 Å². The Balaban J connectivity index is 1.40. The monoisotopic (exact) mass is 561 g/mol. The van der Waals surface area contributed by atoms with Gasteiger partial charge >= 0.3 is 0 Å². The molecule has 204 valence electrons. The molecule has 0 unspecified atom stereocenters. The van der Waals surface area contributed by atoms with Gasteiger partial charge in [0, 0.05) is 21.7 Å². The van der Waals surface area contributed by atoms with Crippen molar-refractivity contribution < 1.29 is 4.42 Å². The van der Waals surface area contributed by atoms with E-state index in [0.717, 1.165) is 44.3 Å². The van der Waals surface area contributed by atoms with Crippen molar-refractivity contribution >= 4 is 76.2 Å². The molecule has 0 radical (unpaired) electrons. The number of benzene rings is 7. The van der Waals surface area contributed by atoms with Crippen LogP contribution in [0.25, 0.3) is 93.4 Å². The van der Waals surface area contributed by atoms with Crippen LogP contribution in [0, 0.1) is 0 Å². The Labute approximate surface area is 251 Å². The summed E-state index contributed by atoms with van der Waals surface area (Å²) in [5.41, 5.74) is 5.42. The molecule has 0 amide bonds. The Bertz CT molecular complexity index is 2790. The van der Waals surface area contributed by atoms with E-state index in [1.807, 2.05) is 18.2 Å². The molecule has 0 aliphatic rings. The van der Waals surface area contributed by atoms with Gasteiger partial charge in [0.1, 0.15) is 11.1 Å². The first kappa shape index (κ1) is 23.6. The van der Waals surface area contributed by atoms with Gasteiger partial charge in [-0.2, -0.15) is 0 Å². The van der Waals surface area contributed by atoms with E-state index in [1.54, 1.807) is 0 Å². The molecule has 0 aliphatic carbocycles. The van der Waals surface area contributed by atoms with Crippen LogP contribution in [0.5, 0.6) is 0 Å². The molecule has 0 N–H and O–H groups in total. The maximum atomic E-state index is 6.60. The predicted octanol–water partition coefficient (Wildman–Crippen LogP) is 10.6. The molecule has 0 bridgehead atoms. The smallest absolute Gasteiger partial charge is 0.197 e.